The molecule has 1 aliphatic rings. The van der Waals surface area contributed by atoms with E-state index in [4.69, 9.17) is 0 Å². The molecule has 2 nitrogen and oxygen atoms in total. The highest BCUT2D eigenvalue weighted by Gasteiger charge is 2.35. The van der Waals surface area contributed by atoms with Gasteiger partial charge in [-0.2, -0.15) is 0 Å². The Bertz CT molecular complexity index is 347. The summed E-state index contributed by atoms with van der Waals surface area (Å²) in [5, 5.41) is 2.95. The van der Waals surface area contributed by atoms with Gasteiger partial charge in [0.15, 0.2) is 0 Å². The van der Waals surface area contributed by atoms with Crippen LogP contribution >= 0.6 is 0 Å². The van der Waals surface area contributed by atoms with E-state index in [0.29, 0.717) is 0 Å². The van der Waals surface area contributed by atoms with Crippen LogP contribution in [0.1, 0.15) is 25.3 Å². The first-order chi connectivity index (χ1) is 7.21. The minimum atomic E-state index is -0.209. The van der Waals surface area contributed by atoms with Gasteiger partial charge in [0.2, 0.25) is 5.91 Å². The Balaban J connectivity index is 2.13. The lowest BCUT2D eigenvalue weighted by Gasteiger charge is -2.32. The largest absolute Gasteiger partial charge is 0.356 e. The van der Waals surface area contributed by atoms with E-state index >= 15 is 0 Å². The molecule has 1 amide bonds. The van der Waals surface area contributed by atoms with Crippen molar-refractivity contribution in [2.45, 2.75) is 26.2 Å². The van der Waals surface area contributed by atoms with Gasteiger partial charge in [-0.05, 0) is 24.8 Å². The van der Waals surface area contributed by atoms with Crippen molar-refractivity contribution in [3.8, 4) is 0 Å². The van der Waals surface area contributed by atoms with E-state index in [1.54, 1.807) is 0 Å². The summed E-state index contributed by atoms with van der Waals surface area (Å²) in [6.45, 7) is 2.90. The van der Waals surface area contributed by atoms with E-state index in [1.807, 2.05) is 18.2 Å². The fourth-order valence-corrected chi connectivity index (χ4v) is 2.22. The second kappa shape index (κ2) is 4.05. The van der Waals surface area contributed by atoms with Crippen LogP contribution in [0.5, 0.6) is 0 Å². The molecule has 15 heavy (non-hydrogen) atoms. The normalized spacial score (nSPS) is 26.1. The third kappa shape index (κ3) is 2.20. The molecular formula is C13H17NO. The summed E-state index contributed by atoms with van der Waals surface area (Å²) in [5.41, 5.74) is 1.04. The van der Waals surface area contributed by atoms with Crippen molar-refractivity contribution in [2.75, 3.05) is 6.54 Å². The molecule has 1 fully saturated rings. The molecule has 0 spiro atoms. The maximum absolute atomic E-state index is 11.8. The summed E-state index contributed by atoms with van der Waals surface area (Å²) in [5.74, 6) is 0.206. The minimum Gasteiger partial charge on any atom is -0.356 e. The summed E-state index contributed by atoms with van der Waals surface area (Å²) in [6, 6.07) is 10.2. The molecule has 0 saturated carbocycles. The minimum absolute atomic E-state index is 0.206. The average molecular weight is 203 g/mol. The van der Waals surface area contributed by atoms with Crippen LogP contribution in [0.3, 0.4) is 0 Å². The van der Waals surface area contributed by atoms with Crippen molar-refractivity contribution in [1.29, 1.82) is 0 Å². The first-order valence-corrected chi connectivity index (χ1v) is 5.53. The van der Waals surface area contributed by atoms with Crippen LogP contribution in [0.2, 0.25) is 0 Å². The third-order valence-electron chi connectivity index (χ3n) is 3.18. The molecule has 1 N–H and O–H groups in total. The van der Waals surface area contributed by atoms with Gasteiger partial charge in [0, 0.05) is 6.54 Å². The maximum Gasteiger partial charge on any atom is 0.226 e. The van der Waals surface area contributed by atoms with Gasteiger partial charge in [-0.1, -0.05) is 37.3 Å². The first kappa shape index (κ1) is 10.2. The van der Waals surface area contributed by atoms with Crippen molar-refractivity contribution in [3.63, 3.8) is 0 Å². The highest BCUT2D eigenvalue weighted by atomic mass is 16.2. The molecule has 0 aromatic heterocycles. The van der Waals surface area contributed by atoms with Crippen molar-refractivity contribution < 1.29 is 4.79 Å². The Kier molecular flexibility index (Phi) is 2.76. The van der Waals surface area contributed by atoms with Crippen LogP contribution < -0.4 is 5.32 Å². The molecule has 1 saturated heterocycles. The number of nitrogens with one attached hydrogen (secondary N) is 1. The predicted molar refractivity (Wildman–Crippen MR) is 60.5 cm³/mol. The molecule has 2 rings (SSSR count). The monoisotopic (exact) mass is 203 g/mol. The molecule has 0 unspecified atom stereocenters. The van der Waals surface area contributed by atoms with Gasteiger partial charge in [0.05, 0.1) is 5.41 Å². The van der Waals surface area contributed by atoms with E-state index in [1.165, 1.54) is 5.56 Å². The van der Waals surface area contributed by atoms with Gasteiger partial charge in [0.1, 0.15) is 0 Å². The van der Waals surface area contributed by atoms with Crippen molar-refractivity contribution in [3.05, 3.63) is 35.9 Å². The smallest absolute Gasteiger partial charge is 0.226 e. The summed E-state index contributed by atoms with van der Waals surface area (Å²) in [7, 11) is 0. The Labute approximate surface area is 90.7 Å². The summed E-state index contributed by atoms with van der Waals surface area (Å²) < 4.78 is 0. The quantitative estimate of drug-likeness (QED) is 0.784. The molecule has 1 aliphatic heterocycles. The topological polar surface area (TPSA) is 29.1 Å². The fraction of sp³-hybridized carbons (Fsp3) is 0.462. The molecule has 2 heteroatoms. The van der Waals surface area contributed by atoms with Gasteiger partial charge >= 0.3 is 0 Å². The van der Waals surface area contributed by atoms with E-state index in [9.17, 15) is 4.79 Å². The highest BCUT2D eigenvalue weighted by Crippen LogP contribution is 2.30. The van der Waals surface area contributed by atoms with E-state index < -0.39 is 0 Å². The van der Waals surface area contributed by atoms with Crippen LogP contribution in [0.4, 0.5) is 0 Å². The number of carbonyl (C=O) groups excluding carboxylic acids is 1. The van der Waals surface area contributed by atoms with Crippen LogP contribution in [-0.2, 0) is 11.2 Å². The summed E-state index contributed by atoms with van der Waals surface area (Å²) in [6.07, 6.45) is 2.93. The van der Waals surface area contributed by atoms with Gasteiger partial charge < -0.3 is 5.32 Å². The number of amides is 1. The lowest BCUT2D eigenvalue weighted by atomic mass is 9.77. The maximum atomic E-state index is 11.8. The molecule has 0 aliphatic carbocycles. The molecule has 80 valence electrons. The van der Waals surface area contributed by atoms with E-state index in [2.05, 4.69) is 24.4 Å². The molecule has 0 bridgehead atoms. The van der Waals surface area contributed by atoms with Gasteiger partial charge in [-0.3, -0.25) is 4.79 Å². The summed E-state index contributed by atoms with van der Waals surface area (Å²) in [4.78, 5) is 11.8. The molecule has 1 aromatic carbocycles. The first-order valence-electron chi connectivity index (χ1n) is 5.53. The molecule has 0 radical (unpaired) electrons. The number of hydrogen-bond acceptors (Lipinski definition) is 1. The number of hydrogen-bond donors (Lipinski definition) is 1. The number of piperidine rings is 1. The lowest BCUT2D eigenvalue weighted by Crippen LogP contribution is -2.45. The molecule has 1 atom stereocenters. The number of rotatable bonds is 2. The Hall–Kier alpha value is -1.31. The van der Waals surface area contributed by atoms with E-state index in [-0.39, 0.29) is 11.3 Å². The second-order valence-electron chi connectivity index (χ2n) is 4.58. The fourth-order valence-electron chi connectivity index (χ4n) is 2.22. The van der Waals surface area contributed by atoms with Gasteiger partial charge in [0.25, 0.3) is 0 Å². The summed E-state index contributed by atoms with van der Waals surface area (Å²) >= 11 is 0. The van der Waals surface area contributed by atoms with Crippen molar-refractivity contribution in [2.24, 2.45) is 5.41 Å². The Morgan fingerprint density at radius 1 is 1.33 bits per heavy atom. The molecule has 1 heterocycles. The van der Waals surface area contributed by atoms with Crippen molar-refractivity contribution >= 4 is 5.91 Å². The predicted octanol–water partition coefficient (Wildman–Crippen LogP) is 2.15. The number of carbonyl (C=O) groups is 1. The zero-order chi connectivity index (χ0) is 10.7. The van der Waals surface area contributed by atoms with E-state index in [0.717, 1.165) is 25.8 Å². The number of benzene rings is 1. The lowest BCUT2D eigenvalue weighted by molar-refractivity contribution is -0.132. The van der Waals surface area contributed by atoms with Crippen molar-refractivity contribution in [1.82, 2.24) is 5.32 Å². The van der Waals surface area contributed by atoms with Crippen LogP contribution in [0.15, 0.2) is 30.3 Å². The highest BCUT2D eigenvalue weighted by molar-refractivity contribution is 5.83. The van der Waals surface area contributed by atoms with Gasteiger partial charge in [-0.15, -0.1) is 0 Å². The zero-order valence-electron chi connectivity index (χ0n) is 9.12. The average Bonchev–Trinajstić information content (AvgIpc) is 2.24. The SMILES string of the molecule is C[C@]1(Cc2ccccc2)CCCNC1=O. The van der Waals surface area contributed by atoms with Crippen LogP contribution in [0.25, 0.3) is 0 Å². The molecular weight excluding hydrogens is 186 g/mol. The Morgan fingerprint density at radius 2 is 2.07 bits per heavy atom. The zero-order valence-corrected chi connectivity index (χ0v) is 9.12. The molecule has 1 aromatic rings. The van der Waals surface area contributed by atoms with Gasteiger partial charge in [-0.25, -0.2) is 0 Å². The third-order valence-corrected chi connectivity index (χ3v) is 3.18. The Morgan fingerprint density at radius 3 is 2.73 bits per heavy atom. The van der Waals surface area contributed by atoms with Crippen LogP contribution in [-0.4, -0.2) is 12.5 Å². The van der Waals surface area contributed by atoms with Crippen LogP contribution in [0, 0.1) is 5.41 Å². The second-order valence-corrected chi connectivity index (χ2v) is 4.58. The standard InChI is InChI=1S/C13H17NO/c1-13(8-5-9-14-12(13)15)10-11-6-3-2-4-7-11/h2-4,6-7H,5,8-10H2,1H3,(H,14,15)/t13-/m1/s1.